The molecule has 4 rings (SSSR count). The van der Waals surface area contributed by atoms with Crippen molar-refractivity contribution >= 4 is 57.9 Å². The van der Waals surface area contributed by atoms with Crippen molar-refractivity contribution in [3.63, 3.8) is 0 Å². The normalized spacial score (nSPS) is 19.8. The molecule has 2 atom stereocenters. The molecule has 1 N–H and O–H groups in total. The van der Waals surface area contributed by atoms with Crippen LogP contribution in [0.4, 0.5) is 11.4 Å². The molecule has 0 amide bonds. The van der Waals surface area contributed by atoms with E-state index in [1.165, 1.54) is 0 Å². The van der Waals surface area contributed by atoms with Gasteiger partial charge in [-0.05, 0) is 29.8 Å². The summed E-state index contributed by atoms with van der Waals surface area (Å²) in [6.45, 7) is 2.72. The molecule has 0 aromatic carbocycles. The number of hydrogen-bond acceptors (Lipinski definition) is 12. The summed E-state index contributed by atoms with van der Waals surface area (Å²) in [5.41, 5.74) is 2.21. The van der Waals surface area contributed by atoms with E-state index in [0.717, 1.165) is 41.6 Å². The van der Waals surface area contributed by atoms with Gasteiger partial charge in [0.1, 0.15) is 12.3 Å². The smallest absolute Gasteiger partial charge is 0.209 e. The largest absolute Gasteiger partial charge is 0.349 e. The predicted octanol–water partition coefficient (Wildman–Crippen LogP) is 2.91. The van der Waals surface area contributed by atoms with E-state index in [2.05, 4.69) is 48.8 Å². The van der Waals surface area contributed by atoms with E-state index in [-0.39, 0.29) is 12.3 Å². The van der Waals surface area contributed by atoms with Crippen LogP contribution in [0, 0.1) is 0 Å². The molecular weight excluding hydrogens is 480 g/mol. The molecule has 2 aliphatic rings. The maximum Gasteiger partial charge on any atom is 0.209 e. The highest BCUT2D eigenvalue weighted by Crippen LogP contribution is 2.24. The van der Waals surface area contributed by atoms with Gasteiger partial charge in [0.25, 0.3) is 0 Å². The van der Waals surface area contributed by atoms with E-state index >= 15 is 0 Å². The van der Waals surface area contributed by atoms with Gasteiger partial charge in [0.05, 0.1) is 11.4 Å². The first kappa shape index (κ1) is 25.0. The van der Waals surface area contributed by atoms with E-state index in [1.54, 1.807) is 22.7 Å². The van der Waals surface area contributed by atoms with Crippen LogP contribution in [-0.2, 0) is 0 Å². The average Bonchev–Trinajstić information content (AvgIpc) is 3.55. The number of hydrogen-bond donors (Lipinski definition) is 1. The third-order valence-corrected chi connectivity index (χ3v) is 7.02. The Balaban J connectivity index is 1.59. The second-order valence-corrected chi connectivity index (χ2v) is 10.4. The summed E-state index contributed by atoms with van der Waals surface area (Å²) in [6.07, 6.45) is 0.353. The summed E-state index contributed by atoms with van der Waals surface area (Å²) in [4.78, 5) is 29.8. The van der Waals surface area contributed by atoms with Gasteiger partial charge in [-0.1, -0.05) is 0 Å². The van der Waals surface area contributed by atoms with Crippen LogP contribution in [0.25, 0.3) is 0 Å². The standard InChI is InChI=1S/C23H34N10S2/c1-16-24-22(30(4)5)32(7)23(25-16)33(18-10-13-35-15-18)11-8-19-26-20(29(2)3)28-21(27-19)31(6)17-9-12-34-14-17/h9-10,12-16,19H,8,11H2,1-7H3,(H,26,27,28). The van der Waals surface area contributed by atoms with Gasteiger partial charge in [0.15, 0.2) is 0 Å². The van der Waals surface area contributed by atoms with E-state index < -0.39 is 0 Å². The quantitative estimate of drug-likeness (QED) is 0.661. The van der Waals surface area contributed by atoms with Gasteiger partial charge in [0.2, 0.25) is 23.8 Å². The Morgan fingerprint density at radius 3 is 2.09 bits per heavy atom. The van der Waals surface area contributed by atoms with Crippen LogP contribution in [-0.4, -0.2) is 99.7 Å². The number of aliphatic imine (C=N–C) groups is 4. The molecule has 0 aliphatic carbocycles. The summed E-state index contributed by atoms with van der Waals surface area (Å²) in [7, 11) is 12.0. The summed E-state index contributed by atoms with van der Waals surface area (Å²) >= 11 is 3.35. The second kappa shape index (κ2) is 10.6. The maximum atomic E-state index is 4.96. The van der Waals surface area contributed by atoms with Crippen LogP contribution < -0.4 is 15.1 Å². The van der Waals surface area contributed by atoms with Gasteiger partial charge in [-0.2, -0.15) is 22.7 Å². The lowest BCUT2D eigenvalue weighted by Crippen LogP contribution is -2.53. The molecule has 0 fully saturated rings. The summed E-state index contributed by atoms with van der Waals surface area (Å²) in [6, 6.07) is 4.22. The number of thiophene rings is 2. The number of nitrogens with one attached hydrogen (secondary N) is 1. The van der Waals surface area contributed by atoms with Crippen LogP contribution in [0.5, 0.6) is 0 Å². The van der Waals surface area contributed by atoms with E-state index in [1.807, 2.05) is 63.9 Å². The Morgan fingerprint density at radius 2 is 1.49 bits per heavy atom. The molecule has 35 heavy (non-hydrogen) atoms. The average molecular weight is 515 g/mol. The molecule has 0 bridgehead atoms. The Labute approximate surface area is 215 Å². The van der Waals surface area contributed by atoms with Crippen molar-refractivity contribution < 1.29 is 0 Å². The SMILES string of the molecule is CC1N=C(N(C)C)N(C)C(N(CCC2N=C(N(C)C)NC(N(C)c3ccsc3)=N2)c2ccsc2)=N1. The Hall–Kier alpha value is -3.12. The minimum atomic E-state index is -0.222. The predicted molar refractivity (Wildman–Crippen MR) is 150 cm³/mol. The first-order chi connectivity index (χ1) is 16.7. The fourth-order valence-corrected chi connectivity index (χ4v) is 5.18. The first-order valence-electron chi connectivity index (χ1n) is 11.5. The molecule has 2 unspecified atom stereocenters. The second-order valence-electron chi connectivity index (χ2n) is 8.81. The zero-order valence-electron chi connectivity index (χ0n) is 21.4. The molecule has 0 saturated carbocycles. The van der Waals surface area contributed by atoms with Crippen molar-refractivity contribution in [2.24, 2.45) is 20.0 Å². The highest BCUT2D eigenvalue weighted by Gasteiger charge is 2.29. The lowest BCUT2D eigenvalue weighted by Gasteiger charge is -2.37. The van der Waals surface area contributed by atoms with Crippen molar-refractivity contribution in [3.8, 4) is 0 Å². The van der Waals surface area contributed by atoms with Gasteiger partial charge in [-0.15, -0.1) is 0 Å². The highest BCUT2D eigenvalue weighted by atomic mass is 32.1. The summed E-state index contributed by atoms with van der Waals surface area (Å²) in [5, 5.41) is 11.8. The molecule has 188 valence electrons. The Bertz CT molecular complexity index is 1100. The minimum Gasteiger partial charge on any atom is -0.349 e. The molecule has 4 heterocycles. The molecule has 0 saturated heterocycles. The monoisotopic (exact) mass is 514 g/mol. The van der Waals surface area contributed by atoms with Crippen molar-refractivity contribution in [3.05, 3.63) is 33.7 Å². The number of nitrogens with zero attached hydrogens (tertiary/aromatic N) is 9. The van der Waals surface area contributed by atoms with Crippen molar-refractivity contribution in [1.82, 2.24) is 20.0 Å². The van der Waals surface area contributed by atoms with Crippen LogP contribution >= 0.6 is 22.7 Å². The molecule has 0 spiro atoms. The summed E-state index contributed by atoms with van der Waals surface area (Å²) < 4.78 is 0. The van der Waals surface area contributed by atoms with Gasteiger partial charge >= 0.3 is 0 Å². The van der Waals surface area contributed by atoms with Crippen LogP contribution in [0.15, 0.2) is 53.6 Å². The summed E-state index contributed by atoms with van der Waals surface area (Å²) in [5.74, 6) is 3.35. The topological polar surface area (TPSA) is 77.7 Å². The fourth-order valence-electron chi connectivity index (χ4n) is 3.86. The zero-order valence-corrected chi connectivity index (χ0v) is 23.0. The third kappa shape index (κ3) is 5.59. The molecule has 10 nitrogen and oxygen atoms in total. The van der Waals surface area contributed by atoms with E-state index in [9.17, 15) is 0 Å². The van der Waals surface area contributed by atoms with Crippen molar-refractivity contribution in [2.45, 2.75) is 25.7 Å². The molecule has 2 aromatic rings. The lowest BCUT2D eigenvalue weighted by molar-refractivity contribution is 0.495. The number of guanidine groups is 4. The van der Waals surface area contributed by atoms with Gasteiger partial charge in [-0.3, -0.25) is 10.2 Å². The van der Waals surface area contributed by atoms with Crippen LogP contribution in [0.3, 0.4) is 0 Å². The zero-order chi connectivity index (χ0) is 25.1. The van der Waals surface area contributed by atoms with Gasteiger partial charge in [0, 0.05) is 66.0 Å². The molecule has 2 aliphatic heterocycles. The highest BCUT2D eigenvalue weighted by molar-refractivity contribution is 7.08. The molecule has 2 aromatic heterocycles. The maximum absolute atomic E-state index is 4.96. The van der Waals surface area contributed by atoms with Gasteiger partial charge in [-0.25, -0.2) is 20.0 Å². The van der Waals surface area contributed by atoms with Gasteiger partial charge < -0.3 is 19.6 Å². The van der Waals surface area contributed by atoms with Crippen molar-refractivity contribution in [1.29, 1.82) is 0 Å². The lowest BCUT2D eigenvalue weighted by atomic mass is 10.3. The first-order valence-corrected chi connectivity index (χ1v) is 13.4. The Morgan fingerprint density at radius 1 is 0.857 bits per heavy atom. The van der Waals surface area contributed by atoms with E-state index in [0.29, 0.717) is 6.54 Å². The van der Waals surface area contributed by atoms with Crippen molar-refractivity contribution in [2.75, 3.05) is 58.6 Å². The van der Waals surface area contributed by atoms with Crippen LogP contribution in [0.2, 0.25) is 0 Å². The molecule has 12 heteroatoms. The number of rotatable bonds is 5. The number of anilines is 2. The Kier molecular flexibility index (Phi) is 7.60. The van der Waals surface area contributed by atoms with E-state index in [4.69, 9.17) is 20.0 Å². The fraction of sp³-hybridized carbons (Fsp3) is 0.478. The molecule has 0 radical (unpaired) electrons. The third-order valence-electron chi connectivity index (χ3n) is 5.68. The molecular formula is C23H34N10S2. The minimum absolute atomic E-state index is 0.152. The van der Waals surface area contributed by atoms with Crippen LogP contribution in [0.1, 0.15) is 13.3 Å².